The molecule has 19 heavy (non-hydrogen) atoms. The normalized spacial score (nSPS) is 11.1. The Balaban J connectivity index is 2.20. The number of nitrogens with zero attached hydrogens (tertiary/aromatic N) is 1. The quantitative estimate of drug-likeness (QED) is 0.594. The molecule has 96 valence electrons. The van der Waals surface area contributed by atoms with Crippen LogP contribution in [0.15, 0.2) is 30.3 Å². The first-order valence-electron chi connectivity index (χ1n) is 5.86. The average molecular weight is 273 g/mol. The maximum absolute atomic E-state index is 6.03. The Labute approximate surface area is 115 Å². The van der Waals surface area contributed by atoms with E-state index in [2.05, 4.69) is 9.97 Å². The zero-order chi connectivity index (χ0) is 13.6. The second-order valence-corrected chi connectivity index (χ2v) is 4.96. The lowest BCUT2D eigenvalue weighted by molar-refractivity contribution is 1.33. The molecule has 2 aromatic carbocycles. The second kappa shape index (κ2) is 4.17. The van der Waals surface area contributed by atoms with Gasteiger partial charge in [0.05, 0.1) is 21.7 Å². The lowest BCUT2D eigenvalue weighted by Crippen LogP contribution is -1.87. The van der Waals surface area contributed by atoms with Crippen molar-refractivity contribution in [2.45, 2.75) is 6.92 Å². The highest BCUT2D eigenvalue weighted by atomic mass is 35.5. The number of nitrogens with two attached hydrogens (primary N) is 2. The first-order chi connectivity index (χ1) is 9.04. The summed E-state index contributed by atoms with van der Waals surface area (Å²) in [6, 6.07) is 9.22. The predicted molar refractivity (Wildman–Crippen MR) is 80.1 cm³/mol. The Morgan fingerprint density at radius 2 is 1.95 bits per heavy atom. The molecular formula is C14H13ClN4. The van der Waals surface area contributed by atoms with Crippen molar-refractivity contribution in [2.75, 3.05) is 11.5 Å². The van der Waals surface area contributed by atoms with E-state index in [-0.39, 0.29) is 0 Å². The molecule has 0 aliphatic carbocycles. The summed E-state index contributed by atoms with van der Waals surface area (Å²) < 4.78 is 0. The molecule has 0 amide bonds. The zero-order valence-electron chi connectivity index (χ0n) is 10.4. The number of hydrogen-bond acceptors (Lipinski definition) is 3. The van der Waals surface area contributed by atoms with E-state index in [1.54, 1.807) is 12.1 Å². The molecule has 4 nitrogen and oxygen atoms in total. The third-order valence-electron chi connectivity index (χ3n) is 3.09. The highest BCUT2D eigenvalue weighted by Crippen LogP contribution is 2.28. The van der Waals surface area contributed by atoms with Crippen molar-refractivity contribution in [3.8, 4) is 11.4 Å². The molecule has 5 N–H and O–H groups in total. The van der Waals surface area contributed by atoms with E-state index in [1.807, 2.05) is 25.1 Å². The summed E-state index contributed by atoms with van der Waals surface area (Å²) in [5, 5.41) is 0.522. The number of imidazole rings is 1. The van der Waals surface area contributed by atoms with Gasteiger partial charge in [-0.05, 0) is 42.8 Å². The fourth-order valence-corrected chi connectivity index (χ4v) is 2.31. The first kappa shape index (κ1) is 11.9. The molecule has 1 heterocycles. The zero-order valence-corrected chi connectivity index (χ0v) is 11.1. The fraction of sp³-hybridized carbons (Fsp3) is 0.0714. The van der Waals surface area contributed by atoms with E-state index in [0.717, 1.165) is 28.0 Å². The minimum atomic E-state index is 0.522. The SMILES string of the molecule is Cc1cc(N)cc2nc(-c3ccc(N)c(Cl)c3)[nH]c12. The number of rotatable bonds is 1. The van der Waals surface area contributed by atoms with Gasteiger partial charge in [-0.1, -0.05) is 11.6 Å². The van der Waals surface area contributed by atoms with E-state index >= 15 is 0 Å². The standard InChI is InChI=1S/C14H13ClN4/c1-7-4-9(16)6-12-13(7)19-14(18-12)8-2-3-11(17)10(15)5-8/h2-6H,16-17H2,1H3,(H,18,19). The van der Waals surface area contributed by atoms with Gasteiger partial charge in [-0.25, -0.2) is 4.98 Å². The number of aromatic amines is 1. The van der Waals surface area contributed by atoms with Gasteiger partial charge in [-0.2, -0.15) is 0 Å². The van der Waals surface area contributed by atoms with Gasteiger partial charge in [0.2, 0.25) is 0 Å². The highest BCUT2D eigenvalue weighted by Gasteiger charge is 2.09. The van der Waals surface area contributed by atoms with Crippen molar-refractivity contribution in [3.63, 3.8) is 0 Å². The summed E-state index contributed by atoms with van der Waals surface area (Å²) in [7, 11) is 0. The van der Waals surface area contributed by atoms with Gasteiger partial charge >= 0.3 is 0 Å². The van der Waals surface area contributed by atoms with Gasteiger partial charge in [0.15, 0.2) is 0 Å². The minimum Gasteiger partial charge on any atom is -0.399 e. The molecule has 0 spiro atoms. The maximum atomic E-state index is 6.03. The van der Waals surface area contributed by atoms with Crippen LogP contribution in [0.3, 0.4) is 0 Å². The lowest BCUT2D eigenvalue weighted by Gasteiger charge is -2.00. The lowest BCUT2D eigenvalue weighted by atomic mass is 10.2. The number of benzene rings is 2. The van der Waals surface area contributed by atoms with Crippen molar-refractivity contribution in [1.82, 2.24) is 9.97 Å². The van der Waals surface area contributed by atoms with E-state index < -0.39 is 0 Å². The molecule has 0 aliphatic rings. The topological polar surface area (TPSA) is 80.7 Å². The summed E-state index contributed by atoms with van der Waals surface area (Å²) >= 11 is 6.03. The minimum absolute atomic E-state index is 0.522. The molecular weight excluding hydrogens is 260 g/mol. The number of fused-ring (bicyclic) bond motifs is 1. The van der Waals surface area contributed by atoms with E-state index in [4.69, 9.17) is 23.1 Å². The Kier molecular flexibility index (Phi) is 2.61. The molecule has 0 fully saturated rings. The van der Waals surface area contributed by atoms with Gasteiger partial charge in [0, 0.05) is 11.3 Å². The monoisotopic (exact) mass is 272 g/mol. The Morgan fingerprint density at radius 3 is 2.68 bits per heavy atom. The molecule has 0 bridgehead atoms. The molecule has 1 aromatic heterocycles. The maximum Gasteiger partial charge on any atom is 0.138 e. The number of anilines is 2. The predicted octanol–water partition coefficient (Wildman–Crippen LogP) is 3.36. The number of H-pyrrole nitrogens is 1. The Morgan fingerprint density at radius 1 is 1.16 bits per heavy atom. The molecule has 3 rings (SSSR count). The summed E-state index contributed by atoms with van der Waals surface area (Å²) in [6.45, 7) is 2.00. The summed E-state index contributed by atoms with van der Waals surface area (Å²) in [4.78, 5) is 7.83. The van der Waals surface area contributed by atoms with Gasteiger partial charge in [0.25, 0.3) is 0 Å². The number of aryl methyl sites for hydroxylation is 1. The van der Waals surface area contributed by atoms with Crippen molar-refractivity contribution < 1.29 is 0 Å². The molecule has 0 atom stereocenters. The van der Waals surface area contributed by atoms with Gasteiger partial charge in [0.1, 0.15) is 5.82 Å². The van der Waals surface area contributed by atoms with E-state index in [0.29, 0.717) is 16.4 Å². The third kappa shape index (κ3) is 2.00. The number of halogens is 1. The molecule has 0 unspecified atom stereocenters. The van der Waals surface area contributed by atoms with E-state index in [9.17, 15) is 0 Å². The largest absolute Gasteiger partial charge is 0.399 e. The van der Waals surface area contributed by atoms with Crippen LogP contribution in [0, 0.1) is 6.92 Å². The van der Waals surface area contributed by atoms with E-state index in [1.165, 1.54) is 0 Å². The Hall–Kier alpha value is -2.20. The third-order valence-corrected chi connectivity index (χ3v) is 3.41. The van der Waals surface area contributed by atoms with Crippen LogP contribution in [0.5, 0.6) is 0 Å². The number of nitrogen functional groups attached to an aromatic ring is 2. The van der Waals surface area contributed by atoms with Crippen molar-refractivity contribution in [1.29, 1.82) is 0 Å². The van der Waals surface area contributed by atoms with Gasteiger partial charge < -0.3 is 16.5 Å². The molecule has 0 radical (unpaired) electrons. The van der Waals surface area contributed by atoms with Crippen LogP contribution in [0.25, 0.3) is 22.4 Å². The summed E-state index contributed by atoms with van der Waals surface area (Å²) in [5.74, 6) is 0.755. The number of hydrogen-bond donors (Lipinski definition) is 3. The van der Waals surface area contributed by atoms with Crippen LogP contribution < -0.4 is 11.5 Å². The first-order valence-corrected chi connectivity index (χ1v) is 6.23. The van der Waals surface area contributed by atoms with Crippen molar-refractivity contribution >= 4 is 34.0 Å². The average Bonchev–Trinajstić information content (AvgIpc) is 2.76. The van der Waals surface area contributed by atoms with Crippen LogP contribution in [0.2, 0.25) is 5.02 Å². The second-order valence-electron chi connectivity index (χ2n) is 4.55. The summed E-state index contributed by atoms with van der Waals surface area (Å²) in [6.07, 6.45) is 0. The molecule has 0 saturated heterocycles. The summed E-state index contributed by atoms with van der Waals surface area (Å²) in [5.41, 5.74) is 16.6. The number of aromatic nitrogens is 2. The smallest absolute Gasteiger partial charge is 0.138 e. The van der Waals surface area contributed by atoms with Gasteiger partial charge in [-0.3, -0.25) is 0 Å². The molecule has 0 saturated carbocycles. The van der Waals surface area contributed by atoms with Crippen molar-refractivity contribution in [3.05, 3.63) is 40.9 Å². The van der Waals surface area contributed by atoms with Crippen LogP contribution in [0.1, 0.15) is 5.56 Å². The van der Waals surface area contributed by atoms with Crippen LogP contribution in [0.4, 0.5) is 11.4 Å². The number of nitrogens with one attached hydrogen (secondary N) is 1. The van der Waals surface area contributed by atoms with Crippen LogP contribution >= 0.6 is 11.6 Å². The van der Waals surface area contributed by atoms with Gasteiger partial charge in [-0.15, -0.1) is 0 Å². The molecule has 0 aliphatic heterocycles. The fourth-order valence-electron chi connectivity index (χ4n) is 2.12. The van der Waals surface area contributed by atoms with Crippen LogP contribution in [-0.2, 0) is 0 Å². The highest BCUT2D eigenvalue weighted by molar-refractivity contribution is 6.33. The molecule has 3 aromatic rings. The Bertz CT molecular complexity index is 776. The van der Waals surface area contributed by atoms with Crippen molar-refractivity contribution in [2.24, 2.45) is 0 Å². The molecule has 5 heteroatoms. The van der Waals surface area contributed by atoms with Crippen LogP contribution in [-0.4, -0.2) is 9.97 Å².